The largest absolute Gasteiger partial charge is 0.494 e. The summed E-state index contributed by atoms with van der Waals surface area (Å²) in [6, 6.07) is 13.3. The molecule has 1 spiro atoms. The van der Waals surface area contributed by atoms with E-state index < -0.39 is 35.1 Å². The van der Waals surface area contributed by atoms with Gasteiger partial charge in [-0.15, -0.1) is 0 Å². The zero-order valence-electron chi connectivity index (χ0n) is 24.3. The Morgan fingerprint density at radius 1 is 1.14 bits per heavy atom. The second-order valence-corrected chi connectivity index (χ2v) is 13.3. The van der Waals surface area contributed by atoms with Crippen LogP contribution in [0.25, 0.3) is 0 Å². The van der Waals surface area contributed by atoms with Crippen LogP contribution in [0.1, 0.15) is 44.2 Å². The zero-order chi connectivity index (χ0) is 31.1. The summed E-state index contributed by atoms with van der Waals surface area (Å²) in [5.41, 5.74) is 0.132. The van der Waals surface area contributed by atoms with Gasteiger partial charge in [0.2, 0.25) is 11.8 Å². The highest BCUT2D eigenvalue weighted by Gasteiger charge is 2.66. The van der Waals surface area contributed by atoms with Crippen LogP contribution < -0.4 is 25.4 Å². The second kappa shape index (κ2) is 12.2. The SMILES string of the molecule is COc1cc(OCCS)ccc1NC(=O)C1NC(CC(C)(C)C)C2(C(=O)Nc3cc(Cl)ccc32)C1c1cccc(Cl)c1F. The second-order valence-electron chi connectivity index (χ2n) is 12.0. The van der Waals surface area contributed by atoms with Crippen LogP contribution in [0.4, 0.5) is 15.8 Å². The van der Waals surface area contributed by atoms with Gasteiger partial charge in [-0.3, -0.25) is 9.59 Å². The summed E-state index contributed by atoms with van der Waals surface area (Å²) >= 11 is 16.8. The molecule has 5 rings (SSSR count). The van der Waals surface area contributed by atoms with E-state index in [4.69, 9.17) is 32.7 Å². The molecule has 0 aromatic heterocycles. The Kier molecular flexibility index (Phi) is 8.91. The summed E-state index contributed by atoms with van der Waals surface area (Å²) in [6.45, 7) is 6.58. The number of thiol groups is 1. The Labute approximate surface area is 266 Å². The minimum absolute atomic E-state index is 0.0979. The number of ether oxygens (including phenoxy) is 2. The van der Waals surface area contributed by atoms with E-state index in [1.807, 2.05) is 0 Å². The third-order valence-corrected chi connectivity index (χ3v) is 8.72. The first-order valence-electron chi connectivity index (χ1n) is 13.9. The lowest BCUT2D eigenvalue weighted by Crippen LogP contribution is -2.49. The Bertz CT molecular complexity index is 1570. The quantitative estimate of drug-likeness (QED) is 0.202. The Morgan fingerprint density at radius 3 is 2.60 bits per heavy atom. The van der Waals surface area contributed by atoms with Gasteiger partial charge in [-0.05, 0) is 53.3 Å². The van der Waals surface area contributed by atoms with E-state index >= 15 is 4.39 Å². The third kappa shape index (κ3) is 5.80. The molecule has 1 fully saturated rings. The number of halogens is 3. The molecule has 3 N–H and O–H groups in total. The molecule has 0 radical (unpaired) electrons. The van der Waals surface area contributed by atoms with Crippen molar-refractivity contribution in [2.45, 2.75) is 50.6 Å². The smallest absolute Gasteiger partial charge is 0.242 e. The standard InChI is InChI=1S/C32H34Cl2FN3O4S/c1-31(2,3)16-25-32(20-10-8-17(33)14-23(20)37-30(32)40)26(19-6-5-7-21(34)27(19)35)28(38-25)29(39)36-22-11-9-18(42-12-13-43)15-24(22)41-4/h5-11,14-15,25-26,28,38,43H,12-13,16H2,1-4H3,(H,36,39)(H,37,40). The summed E-state index contributed by atoms with van der Waals surface area (Å²) in [4.78, 5) is 28.5. The highest BCUT2D eigenvalue weighted by atomic mass is 35.5. The Balaban J connectivity index is 1.66. The van der Waals surface area contributed by atoms with Gasteiger partial charge >= 0.3 is 0 Å². The Morgan fingerprint density at radius 2 is 1.91 bits per heavy atom. The van der Waals surface area contributed by atoms with Gasteiger partial charge in [0.25, 0.3) is 0 Å². The monoisotopic (exact) mass is 645 g/mol. The highest BCUT2D eigenvalue weighted by molar-refractivity contribution is 7.80. The van der Waals surface area contributed by atoms with Crippen molar-refractivity contribution < 1.29 is 23.5 Å². The fourth-order valence-corrected chi connectivity index (χ4v) is 6.84. The van der Waals surface area contributed by atoms with E-state index in [0.29, 0.717) is 52.2 Å². The average molecular weight is 647 g/mol. The van der Waals surface area contributed by atoms with Crippen molar-refractivity contribution in [3.63, 3.8) is 0 Å². The molecule has 2 aliphatic heterocycles. The number of fused-ring (bicyclic) bond motifs is 2. The molecule has 7 nitrogen and oxygen atoms in total. The summed E-state index contributed by atoms with van der Waals surface area (Å²) in [5, 5.41) is 9.75. The van der Waals surface area contributed by atoms with E-state index in [0.717, 1.165) is 0 Å². The van der Waals surface area contributed by atoms with E-state index in [1.54, 1.807) is 48.5 Å². The molecular formula is C32H34Cl2FN3O4S. The molecule has 3 aromatic carbocycles. The van der Waals surface area contributed by atoms with Gasteiger partial charge in [0.15, 0.2) is 0 Å². The molecule has 2 aliphatic rings. The van der Waals surface area contributed by atoms with Gasteiger partial charge in [0, 0.05) is 34.5 Å². The predicted octanol–water partition coefficient (Wildman–Crippen LogP) is 6.84. The number of hydrogen-bond donors (Lipinski definition) is 4. The topological polar surface area (TPSA) is 88.7 Å². The van der Waals surface area contributed by atoms with E-state index in [2.05, 4.69) is 49.4 Å². The minimum atomic E-state index is -1.35. The molecule has 0 bridgehead atoms. The van der Waals surface area contributed by atoms with Crippen molar-refractivity contribution >= 4 is 59.0 Å². The van der Waals surface area contributed by atoms with Crippen molar-refractivity contribution in [2.24, 2.45) is 5.41 Å². The van der Waals surface area contributed by atoms with Crippen LogP contribution in [0, 0.1) is 11.2 Å². The first-order chi connectivity index (χ1) is 20.4. The van der Waals surface area contributed by atoms with Crippen LogP contribution >= 0.6 is 35.8 Å². The normalized spacial score (nSPS) is 22.8. The van der Waals surface area contributed by atoms with E-state index in [9.17, 15) is 9.59 Å². The van der Waals surface area contributed by atoms with Gasteiger partial charge in [0.1, 0.15) is 22.7 Å². The maximum atomic E-state index is 16.0. The third-order valence-electron chi connectivity index (χ3n) is 8.01. The predicted molar refractivity (Wildman–Crippen MR) is 172 cm³/mol. The molecule has 4 unspecified atom stereocenters. The molecule has 11 heteroatoms. The van der Waals surface area contributed by atoms with Crippen molar-refractivity contribution in [3.8, 4) is 11.5 Å². The number of carbonyl (C=O) groups is 2. The lowest BCUT2D eigenvalue weighted by molar-refractivity contribution is -0.122. The number of rotatable bonds is 8. The van der Waals surface area contributed by atoms with Crippen LogP contribution in [-0.4, -0.2) is 43.4 Å². The first-order valence-corrected chi connectivity index (χ1v) is 15.3. The van der Waals surface area contributed by atoms with Crippen LogP contribution in [0.3, 0.4) is 0 Å². The summed E-state index contributed by atoms with van der Waals surface area (Å²) in [6.07, 6.45) is 0.505. The molecule has 43 heavy (non-hydrogen) atoms. The molecule has 3 aromatic rings. The lowest BCUT2D eigenvalue weighted by atomic mass is 9.62. The number of nitrogens with one attached hydrogen (secondary N) is 3. The van der Waals surface area contributed by atoms with Gasteiger partial charge in [0.05, 0.1) is 30.5 Å². The van der Waals surface area contributed by atoms with Crippen LogP contribution in [0.2, 0.25) is 10.0 Å². The summed E-state index contributed by atoms with van der Waals surface area (Å²) in [7, 11) is 1.49. The van der Waals surface area contributed by atoms with E-state index in [-0.39, 0.29) is 21.9 Å². The van der Waals surface area contributed by atoms with Gasteiger partial charge < -0.3 is 25.4 Å². The molecule has 2 heterocycles. The summed E-state index contributed by atoms with van der Waals surface area (Å²) < 4.78 is 27.2. The van der Waals surface area contributed by atoms with E-state index in [1.165, 1.54) is 13.2 Å². The number of amides is 2. The number of methoxy groups -OCH3 is 1. The van der Waals surface area contributed by atoms with Crippen LogP contribution in [-0.2, 0) is 15.0 Å². The van der Waals surface area contributed by atoms with Gasteiger partial charge in [-0.1, -0.05) is 62.2 Å². The molecule has 2 amide bonds. The van der Waals surface area contributed by atoms with Crippen molar-refractivity contribution in [3.05, 3.63) is 81.6 Å². The number of anilines is 2. The maximum Gasteiger partial charge on any atom is 0.242 e. The fraction of sp³-hybridized carbons (Fsp3) is 0.375. The molecule has 4 atom stereocenters. The van der Waals surface area contributed by atoms with Crippen molar-refractivity contribution in [1.29, 1.82) is 0 Å². The van der Waals surface area contributed by atoms with Crippen molar-refractivity contribution in [1.82, 2.24) is 5.32 Å². The minimum Gasteiger partial charge on any atom is -0.494 e. The molecule has 228 valence electrons. The van der Waals surface area contributed by atoms with Gasteiger partial charge in [-0.25, -0.2) is 4.39 Å². The maximum absolute atomic E-state index is 16.0. The molecule has 0 saturated carbocycles. The summed E-state index contributed by atoms with van der Waals surface area (Å²) in [5.74, 6) is -0.965. The lowest BCUT2D eigenvalue weighted by Gasteiger charge is -2.37. The van der Waals surface area contributed by atoms with Gasteiger partial charge in [-0.2, -0.15) is 12.6 Å². The highest BCUT2D eigenvalue weighted by Crippen LogP contribution is 2.57. The number of benzene rings is 3. The van der Waals surface area contributed by atoms with Crippen LogP contribution in [0.5, 0.6) is 11.5 Å². The van der Waals surface area contributed by atoms with Crippen LogP contribution in [0.15, 0.2) is 54.6 Å². The zero-order valence-corrected chi connectivity index (χ0v) is 26.7. The molecular weight excluding hydrogens is 612 g/mol. The molecule has 0 aliphatic carbocycles. The Hall–Kier alpha value is -2.98. The molecule has 1 saturated heterocycles. The number of hydrogen-bond acceptors (Lipinski definition) is 6. The first kappa shape index (κ1) is 31.4. The van der Waals surface area contributed by atoms with Crippen molar-refractivity contribution in [2.75, 3.05) is 30.1 Å². The average Bonchev–Trinajstić information content (AvgIpc) is 3.42. The number of carbonyl (C=O) groups excluding carboxylic acids is 2. The fourth-order valence-electron chi connectivity index (χ4n) is 6.39.